The van der Waals surface area contributed by atoms with E-state index in [0.29, 0.717) is 16.7 Å². The third-order valence-corrected chi connectivity index (χ3v) is 3.03. The topological polar surface area (TPSA) is 9.23 Å². The fourth-order valence-electron chi connectivity index (χ4n) is 1.45. The van der Waals surface area contributed by atoms with Crippen LogP contribution in [-0.2, 0) is 6.61 Å². The highest BCUT2D eigenvalue weighted by atomic mass is 35.5. The SMILES string of the molecule is Cc1ccc(OCc2cc(Cl)ccc2Cl)cc1. The van der Waals surface area contributed by atoms with Gasteiger partial charge in [-0.15, -0.1) is 0 Å². The maximum absolute atomic E-state index is 6.05. The van der Waals surface area contributed by atoms with Crippen LogP contribution in [0.1, 0.15) is 11.1 Å². The molecule has 0 spiro atoms. The van der Waals surface area contributed by atoms with Crippen molar-refractivity contribution in [3.8, 4) is 5.75 Å². The number of halogens is 2. The normalized spacial score (nSPS) is 10.3. The fourth-order valence-corrected chi connectivity index (χ4v) is 1.82. The van der Waals surface area contributed by atoms with Gasteiger partial charge in [0.05, 0.1) is 0 Å². The molecular formula is C14H12Cl2O. The molecular weight excluding hydrogens is 255 g/mol. The smallest absolute Gasteiger partial charge is 0.119 e. The van der Waals surface area contributed by atoms with Crippen LogP contribution in [-0.4, -0.2) is 0 Å². The Bertz CT molecular complexity index is 506. The van der Waals surface area contributed by atoms with Crippen LogP contribution in [0.25, 0.3) is 0 Å². The molecule has 0 aromatic heterocycles. The molecule has 0 heterocycles. The van der Waals surface area contributed by atoms with E-state index in [1.54, 1.807) is 12.1 Å². The predicted octanol–water partition coefficient (Wildman–Crippen LogP) is 4.88. The van der Waals surface area contributed by atoms with Crippen LogP contribution >= 0.6 is 23.2 Å². The number of aryl methyl sites for hydroxylation is 1. The number of ether oxygens (including phenoxy) is 1. The summed E-state index contributed by atoms with van der Waals surface area (Å²) in [6, 6.07) is 13.3. The van der Waals surface area contributed by atoms with Gasteiger partial charge >= 0.3 is 0 Å². The van der Waals surface area contributed by atoms with E-state index < -0.39 is 0 Å². The molecule has 88 valence electrons. The largest absolute Gasteiger partial charge is 0.489 e. The Morgan fingerprint density at radius 3 is 2.41 bits per heavy atom. The Morgan fingerprint density at radius 2 is 1.71 bits per heavy atom. The standard InChI is InChI=1S/C14H12Cl2O/c1-10-2-5-13(6-3-10)17-9-11-8-12(15)4-7-14(11)16/h2-8H,9H2,1H3. The second-order valence-electron chi connectivity index (χ2n) is 3.84. The van der Waals surface area contributed by atoms with Crippen molar-refractivity contribution in [2.75, 3.05) is 0 Å². The Kier molecular flexibility index (Phi) is 3.93. The van der Waals surface area contributed by atoms with Gasteiger partial charge in [-0.05, 0) is 37.3 Å². The second-order valence-corrected chi connectivity index (χ2v) is 4.68. The van der Waals surface area contributed by atoms with Gasteiger partial charge in [0.2, 0.25) is 0 Å². The van der Waals surface area contributed by atoms with Gasteiger partial charge in [0.1, 0.15) is 12.4 Å². The van der Waals surface area contributed by atoms with Gasteiger partial charge in [-0.25, -0.2) is 0 Å². The van der Waals surface area contributed by atoms with E-state index in [1.165, 1.54) is 5.56 Å². The Morgan fingerprint density at radius 1 is 1.00 bits per heavy atom. The third kappa shape index (κ3) is 3.39. The van der Waals surface area contributed by atoms with Crippen molar-refractivity contribution in [1.82, 2.24) is 0 Å². The number of benzene rings is 2. The lowest BCUT2D eigenvalue weighted by molar-refractivity contribution is 0.306. The predicted molar refractivity (Wildman–Crippen MR) is 72.0 cm³/mol. The van der Waals surface area contributed by atoms with E-state index in [2.05, 4.69) is 0 Å². The molecule has 0 N–H and O–H groups in total. The van der Waals surface area contributed by atoms with Gasteiger partial charge in [-0.3, -0.25) is 0 Å². The molecule has 0 fully saturated rings. The molecule has 0 aliphatic carbocycles. The zero-order chi connectivity index (χ0) is 12.3. The van der Waals surface area contributed by atoms with E-state index in [-0.39, 0.29) is 0 Å². The van der Waals surface area contributed by atoms with Gasteiger partial charge in [-0.2, -0.15) is 0 Å². The molecule has 0 aliphatic rings. The van der Waals surface area contributed by atoms with Crippen LogP contribution in [0.2, 0.25) is 10.0 Å². The molecule has 0 atom stereocenters. The van der Waals surface area contributed by atoms with Crippen LogP contribution in [0.3, 0.4) is 0 Å². The summed E-state index contributed by atoms with van der Waals surface area (Å²) in [7, 11) is 0. The van der Waals surface area contributed by atoms with Gasteiger partial charge < -0.3 is 4.74 Å². The van der Waals surface area contributed by atoms with E-state index in [0.717, 1.165) is 11.3 Å². The van der Waals surface area contributed by atoms with Crippen LogP contribution < -0.4 is 4.74 Å². The molecule has 0 saturated heterocycles. The molecule has 0 aliphatic heterocycles. The lowest BCUT2D eigenvalue weighted by Gasteiger charge is -2.08. The summed E-state index contributed by atoms with van der Waals surface area (Å²) in [6.45, 7) is 2.46. The van der Waals surface area contributed by atoms with Crippen molar-refractivity contribution < 1.29 is 4.74 Å². The zero-order valence-corrected chi connectivity index (χ0v) is 10.9. The average Bonchev–Trinajstić information content (AvgIpc) is 2.32. The summed E-state index contributed by atoms with van der Waals surface area (Å²) >= 11 is 12.0. The third-order valence-electron chi connectivity index (χ3n) is 2.42. The molecule has 0 amide bonds. The van der Waals surface area contributed by atoms with Crippen molar-refractivity contribution in [2.45, 2.75) is 13.5 Å². The Balaban J connectivity index is 2.07. The molecule has 2 rings (SSSR count). The average molecular weight is 267 g/mol. The highest BCUT2D eigenvalue weighted by molar-refractivity contribution is 6.33. The first kappa shape index (κ1) is 12.3. The van der Waals surface area contributed by atoms with Gasteiger partial charge in [0.15, 0.2) is 0 Å². The lowest BCUT2D eigenvalue weighted by Crippen LogP contribution is -1.96. The highest BCUT2D eigenvalue weighted by Gasteiger charge is 2.02. The molecule has 0 bridgehead atoms. The highest BCUT2D eigenvalue weighted by Crippen LogP contribution is 2.22. The van der Waals surface area contributed by atoms with Crippen molar-refractivity contribution in [3.05, 3.63) is 63.6 Å². The van der Waals surface area contributed by atoms with Gasteiger partial charge in [0, 0.05) is 15.6 Å². The minimum Gasteiger partial charge on any atom is -0.489 e. The lowest BCUT2D eigenvalue weighted by atomic mass is 10.2. The van der Waals surface area contributed by atoms with E-state index in [1.807, 2.05) is 37.3 Å². The van der Waals surface area contributed by atoms with Crippen LogP contribution in [0.15, 0.2) is 42.5 Å². The molecule has 2 aromatic rings. The maximum Gasteiger partial charge on any atom is 0.119 e. The summed E-state index contributed by atoms with van der Waals surface area (Å²) in [5.41, 5.74) is 2.10. The number of hydrogen-bond donors (Lipinski definition) is 0. The summed E-state index contributed by atoms with van der Waals surface area (Å²) in [6.07, 6.45) is 0. The molecule has 0 unspecified atom stereocenters. The molecule has 3 heteroatoms. The first-order chi connectivity index (χ1) is 8.15. The summed E-state index contributed by atoms with van der Waals surface area (Å²) < 4.78 is 5.64. The monoisotopic (exact) mass is 266 g/mol. The van der Waals surface area contributed by atoms with E-state index in [4.69, 9.17) is 27.9 Å². The first-order valence-electron chi connectivity index (χ1n) is 5.28. The molecule has 0 saturated carbocycles. The van der Waals surface area contributed by atoms with Gasteiger partial charge in [-0.1, -0.05) is 40.9 Å². The number of hydrogen-bond acceptors (Lipinski definition) is 1. The van der Waals surface area contributed by atoms with Crippen molar-refractivity contribution in [3.63, 3.8) is 0 Å². The van der Waals surface area contributed by atoms with Crippen LogP contribution in [0.5, 0.6) is 5.75 Å². The minimum atomic E-state index is 0.419. The molecule has 17 heavy (non-hydrogen) atoms. The van der Waals surface area contributed by atoms with Crippen LogP contribution in [0.4, 0.5) is 0 Å². The quantitative estimate of drug-likeness (QED) is 0.770. The summed E-state index contributed by atoms with van der Waals surface area (Å²) in [4.78, 5) is 0. The van der Waals surface area contributed by atoms with Crippen molar-refractivity contribution in [1.29, 1.82) is 0 Å². The second kappa shape index (κ2) is 5.44. The van der Waals surface area contributed by atoms with Crippen molar-refractivity contribution >= 4 is 23.2 Å². The van der Waals surface area contributed by atoms with E-state index >= 15 is 0 Å². The van der Waals surface area contributed by atoms with Gasteiger partial charge in [0.25, 0.3) is 0 Å². The van der Waals surface area contributed by atoms with Crippen LogP contribution in [0, 0.1) is 6.92 Å². The fraction of sp³-hybridized carbons (Fsp3) is 0.143. The first-order valence-corrected chi connectivity index (χ1v) is 6.04. The maximum atomic E-state index is 6.05. The van der Waals surface area contributed by atoms with Crippen molar-refractivity contribution in [2.24, 2.45) is 0 Å². The molecule has 1 nitrogen and oxygen atoms in total. The Labute approximate surface area is 111 Å². The zero-order valence-electron chi connectivity index (χ0n) is 9.41. The number of rotatable bonds is 3. The minimum absolute atomic E-state index is 0.419. The summed E-state index contributed by atoms with van der Waals surface area (Å²) in [5.74, 6) is 0.826. The molecule has 2 aromatic carbocycles. The molecule has 0 radical (unpaired) electrons. The van der Waals surface area contributed by atoms with E-state index in [9.17, 15) is 0 Å². The Hall–Kier alpha value is -1.18. The summed E-state index contributed by atoms with van der Waals surface area (Å²) in [5, 5.41) is 1.33.